The van der Waals surface area contributed by atoms with Gasteiger partial charge < -0.3 is 9.88 Å². The number of thioether (sulfide) groups is 1. The minimum Gasteiger partial charge on any atom is -0.350 e. The van der Waals surface area contributed by atoms with Crippen LogP contribution in [0, 0.1) is 0 Å². The van der Waals surface area contributed by atoms with E-state index in [1.54, 1.807) is 24.3 Å². The highest BCUT2D eigenvalue weighted by molar-refractivity contribution is 7.99. The molecule has 3 rings (SSSR count). The van der Waals surface area contributed by atoms with Gasteiger partial charge in [0.05, 0.1) is 12.4 Å². The predicted octanol–water partition coefficient (Wildman–Crippen LogP) is 5.28. The number of benzene rings is 2. The molecule has 4 nitrogen and oxygen atoms in total. The van der Waals surface area contributed by atoms with Crippen molar-refractivity contribution in [2.45, 2.75) is 30.7 Å². The minimum atomic E-state index is -0.0155. The molecule has 0 aliphatic carbocycles. The van der Waals surface area contributed by atoms with Gasteiger partial charge in [-0.3, -0.25) is 4.79 Å². The molecule has 0 spiro atoms. The molecule has 0 fully saturated rings. The van der Waals surface area contributed by atoms with Gasteiger partial charge in [0.2, 0.25) is 5.91 Å². The van der Waals surface area contributed by atoms with Gasteiger partial charge in [0, 0.05) is 34.4 Å². The fourth-order valence-corrected chi connectivity index (χ4v) is 3.68. The molecule has 0 saturated carbocycles. The average molecular weight is 400 g/mol. The van der Waals surface area contributed by atoms with Gasteiger partial charge in [0.25, 0.3) is 0 Å². The van der Waals surface area contributed by atoms with Gasteiger partial charge in [-0.1, -0.05) is 23.7 Å². The summed E-state index contributed by atoms with van der Waals surface area (Å²) in [5, 5.41) is 3.81. The van der Waals surface area contributed by atoms with Crippen LogP contribution in [-0.4, -0.2) is 21.2 Å². The van der Waals surface area contributed by atoms with Crippen LogP contribution in [0.3, 0.4) is 0 Å². The Morgan fingerprint density at radius 1 is 1.19 bits per heavy atom. The summed E-state index contributed by atoms with van der Waals surface area (Å²) in [6, 6.07) is 15.9. The Hall–Kier alpha value is -2.24. The van der Waals surface area contributed by atoms with Gasteiger partial charge in [-0.2, -0.15) is 0 Å². The number of halogens is 1. The van der Waals surface area contributed by atoms with Gasteiger partial charge >= 0.3 is 0 Å². The molecule has 1 aromatic heterocycles. The standard InChI is InChI=1S/C21H22ClN3OS/c1-16(17-4-8-19(9-5-17)25-13-12-23-15-25)24-21(26)3-2-14-27-20-10-6-18(22)7-11-20/h4-13,15-16H,2-3,14H2,1H3,(H,24,26)/t16-/m1/s1. The van der Waals surface area contributed by atoms with E-state index in [9.17, 15) is 4.79 Å². The second-order valence-electron chi connectivity index (χ2n) is 6.26. The highest BCUT2D eigenvalue weighted by atomic mass is 35.5. The van der Waals surface area contributed by atoms with Crippen LogP contribution < -0.4 is 5.32 Å². The lowest BCUT2D eigenvalue weighted by atomic mass is 10.1. The zero-order valence-electron chi connectivity index (χ0n) is 15.1. The Morgan fingerprint density at radius 3 is 2.59 bits per heavy atom. The van der Waals surface area contributed by atoms with Gasteiger partial charge in [-0.05, 0) is 61.1 Å². The fraction of sp³-hybridized carbons (Fsp3) is 0.238. The Balaban J connectivity index is 1.41. The molecule has 27 heavy (non-hydrogen) atoms. The van der Waals surface area contributed by atoms with E-state index in [4.69, 9.17) is 11.6 Å². The molecule has 2 aromatic carbocycles. The van der Waals surface area contributed by atoms with E-state index < -0.39 is 0 Å². The molecule has 0 unspecified atom stereocenters. The third kappa shape index (κ3) is 5.88. The summed E-state index contributed by atoms with van der Waals surface area (Å²) in [6.45, 7) is 2.01. The summed E-state index contributed by atoms with van der Waals surface area (Å²) in [5.41, 5.74) is 2.14. The van der Waals surface area contributed by atoms with E-state index in [1.807, 2.05) is 66.2 Å². The molecule has 3 aromatic rings. The predicted molar refractivity (Wildman–Crippen MR) is 112 cm³/mol. The van der Waals surface area contributed by atoms with Crippen molar-refractivity contribution in [2.75, 3.05) is 5.75 Å². The summed E-state index contributed by atoms with van der Waals surface area (Å²) >= 11 is 7.62. The van der Waals surface area contributed by atoms with E-state index in [-0.39, 0.29) is 11.9 Å². The maximum Gasteiger partial charge on any atom is 0.220 e. The number of imidazole rings is 1. The third-order valence-corrected chi connectivity index (χ3v) is 5.55. The van der Waals surface area contributed by atoms with E-state index in [1.165, 1.54) is 4.90 Å². The zero-order valence-corrected chi connectivity index (χ0v) is 16.7. The number of nitrogens with zero attached hydrogens (tertiary/aromatic N) is 2. The molecule has 140 valence electrons. The summed E-state index contributed by atoms with van der Waals surface area (Å²) in [4.78, 5) is 17.4. The van der Waals surface area contributed by atoms with Crippen molar-refractivity contribution in [3.8, 4) is 5.69 Å². The first-order valence-electron chi connectivity index (χ1n) is 8.88. The molecular formula is C21H22ClN3OS. The summed E-state index contributed by atoms with van der Waals surface area (Å²) in [7, 11) is 0. The van der Waals surface area contributed by atoms with Crippen LogP contribution in [0.2, 0.25) is 5.02 Å². The molecule has 1 heterocycles. The lowest BCUT2D eigenvalue weighted by molar-refractivity contribution is -0.121. The first-order valence-corrected chi connectivity index (χ1v) is 10.2. The zero-order chi connectivity index (χ0) is 19.1. The van der Waals surface area contributed by atoms with Gasteiger partial charge in [0.15, 0.2) is 0 Å². The number of amides is 1. The smallest absolute Gasteiger partial charge is 0.220 e. The molecule has 6 heteroatoms. The van der Waals surface area contributed by atoms with Crippen molar-refractivity contribution in [3.63, 3.8) is 0 Å². The van der Waals surface area contributed by atoms with Crippen LogP contribution in [0.1, 0.15) is 31.4 Å². The maximum atomic E-state index is 12.2. The lowest BCUT2D eigenvalue weighted by Gasteiger charge is -2.15. The highest BCUT2D eigenvalue weighted by Gasteiger charge is 2.09. The SMILES string of the molecule is C[C@@H](NC(=O)CCCSc1ccc(Cl)cc1)c1ccc(-n2ccnc2)cc1. The molecular weight excluding hydrogens is 378 g/mol. The fourth-order valence-electron chi connectivity index (χ4n) is 2.70. The van der Waals surface area contributed by atoms with Crippen molar-refractivity contribution >= 4 is 29.3 Å². The van der Waals surface area contributed by atoms with Gasteiger partial charge in [-0.15, -0.1) is 11.8 Å². The number of hydrogen-bond donors (Lipinski definition) is 1. The van der Waals surface area contributed by atoms with E-state index in [0.717, 1.165) is 28.4 Å². The molecule has 1 amide bonds. The van der Waals surface area contributed by atoms with E-state index >= 15 is 0 Å². The number of nitrogens with one attached hydrogen (secondary N) is 1. The molecule has 0 saturated heterocycles. The molecule has 0 radical (unpaired) electrons. The van der Waals surface area contributed by atoms with Gasteiger partial charge in [-0.25, -0.2) is 4.98 Å². The summed E-state index contributed by atoms with van der Waals surface area (Å²) in [5.74, 6) is 0.987. The van der Waals surface area contributed by atoms with Crippen LogP contribution in [0.4, 0.5) is 0 Å². The Bertz CT molecular complexity index is 848. The van der Waals surface area contributed by atoms with E-state index in [2.05, 4.69) is 10.3 Å². The quantitative estimate of drug-likeness (QED) is 0.414. The first kappa shape index (κ1) is 19.5. The van der Waals surface area contributed by atoms with Crippen LogP contribution in [0.5, 0.6) is 0 Å². The summed E-state index contributed by atoms with van der Waals surface area (Å²) in [6.07, 6.45) is 6.79. The van der Waals surface area contributed by atoms with E-state index in [0.29, 0.717) is 6.42 Å². The lowest BCUT2D eigenvalue weighted by Crippen LogP contribution is -2.26. The number of carbonyl (C=O) groups excluding carboxylic acids is 1. The van der Waals surface area contributed by atoms with Crippen LogP contribution in [-0.2, 0) is 4.79 Å². The number of aromatic nitrogens is 2. The number of rotatable bonds is 8. The summed E-state index contributed by atoms with van der Waals surface area (Å²) < 4.78 is 1.95. The van der Waals surface area contributed by atoms with Crippen molar-refractivity contribution in [2.24, 2.45) is 0 Å². The van der Waals surface area contributed by atoms with Gasteiger partial charge in [0.1, 0.15) is 0 Å². The normalized spacial score (nSPS) is 11.9. The van der Waals surface area contributed by atoms with Crippen molar-refractivity contribution in [1.29, 1.82) is 0 Å². The molecule has 0 aliphatic heterocycles. The average Bonchev–Trinajstić information content (AvgIpc) is 3.21. The Morgan fingerprint density at radius 2 is 1.93 bits per heavy atom. The number of hydrogen-bond acceptors (Lipinski definition) is 3. The van der Waals surface area contributed by atoms with Crippen LogP contribution >= 0.6 is 23.4 Å². The topological polar surface area (TPSA) is 46.9 Å². The largest absolute Gasteiger partial charge is 0.350 e. The number of carbonyl (C=O) groups is 1. The second-order valence-corrected chi connectivity index (χ2v) is 7.86. The van der Waals surface area contributed by atoms with Crippen molar-refractivity contribution in [1.82, 2.24) is 14.9 Å². The Labute approximate surface area is 169 Å². The van der Waals surface area contributed by atoms with Crippen LogP contribution in [0.15, 0.2) is 72.1 Å². The Kier molecular flexibility index (Phi) is 6.96. The highest BCUT2D eigenvalue weighted by Crippen LogP contribution is 2.21. The maximum absolute atomic E-state index is 12.2. The van der Waals surface area contributed by atoms with Crippen LogP contribution in [0.25, 0.3) is 5.69 Å². The molecule has 1 atom stereocenters. The third-order valence-electron chi connectivity index (χ3n) is 4.20. The molecule has 0 aliphatic rings. The molecule has 1 N–H and O–H groups in total. The minimum absolute atomic E-state index is 0.0155. The monoisotopic (exact) mass is 399 g/mol. The molecule has 0 bridgehead atoms. The second kappa shape index (κ2) is 9.62. The van der Waals surface area contributed by atoms with Crippen molar-refractivity contribution < 1.29 is 4.79 Å². The first-order chi connectivity index (χ1) is 13.1. The van der Waals surface area contributed by atoms with Crippen molar-refractivity contribution in [3.05, 3.63) is 77.8 Å².